The highest BCUT2D eigenvalue weighted by Crippen LogP contribution is 2.37. The number of hydrogen-bond acceptors (Lipinski definition) is 2. The Kier molecular flexibility index (Phi) is 2.99. The van der Waals surface area contributed by atoms with E-state index in [-0.39, 0.29) is 12.0 Å². The molecule has 1 unspecified atom stereocenters. The Hall–Kier alpha value is -1.87. The molecule has 2 aromatic carbocycles. The van der Waals surface area contributed by atoms with Gasteiger partial charge in [0.05, 0.1) is 11.8 Å². The maximum atomic E-state index is 12.4. The van der Waals surface area contributed by atoms with E-state index in [1.54, 1.807) is 6.92 Å². The molecule has 0 radical (unpaired) electrons. The average molecular weight is 255 g/mol. The molecule has 1 aliphatic heterocycles. The number of carbonyl (C=O) groups is 1. The van der Waals surface area contributed by atoms with Gasteiger partial charge in [-0.05, 0) is 37.3 Å². The highest BCUT2D eigenvalue weighted by molar-refractivity contribution is 6.24. The van der Waals surface area contributed by atoms with Gasteiger partial charge in [-0.25, -0.2) is 0 Å². The van der Waals surface area contributed by atoms with Crippen LogP contribution in [0.4, 0.5) is 5.69 Å². The van der Waals surface area contributed by atoms with Crippen LogP contribution in [0.25, 0.3) is 10.8 Å². The van der Waals surface area contributed by atoms with Crippen LogP contribution in [0.1, 0.15) is 30.1 Å². The molecular weight excluding hydrogens is 238 g/mol. The number of hydrogen-bond donors (Lipinski definition) is 1. The van der Waals surface area contributed by atoms with Crippen molar-refractivity contribution >= 4 is 22.4 Å². The lowest BCUT2D eigenvalue weighted by molar-refractivity contribution is 0.0990. The van der Waals surface area contributed by atoms with Crippen LogP contribution in [-0.4, -0.2) is 23.7 Å². The summed E-state index contributed by atoms with van der Waals surface area (Å²) in [4.78, 5) is 14.2. The SMILES string of the molecule is CC(O)CCCN1C(=O)c2cccc3cccc1c23. The van der Waals surface area contributed by atoms with E-state index in [9.17, 15) is 9.90 Å². The van der Waals surface area contributed by atoms with Crippen molar-refractivity contribution in [1.29, 1.82) is 0 Å². The number of carbonyl (C=O) groups excluding carboxylic acids is 1. The summed E-state index contributed by atoms with van der Waals surface area (Å²) in [5, 5.41) is 11.5. The third-order valence-corrected chi connectivity index (χ3v) is 3.65. The molecule has 3 nitrogen and oxygen atoms in total. The normalized spacial score (nSPS) is 15.3. The molecule has 1 amide bonds. The van der Waals surface area contributed by atoms with Crippen LogP contribution >= 0.6 is 0 Å². The lowest BCUT2D eigenvalue weighted by Gasteiger charge is -2.18. The Morgan fingerprint density at radius 2 is 1.95 bits per heavy atom. The summed E-state index contributed by atoms with van der Waals surface area (Å²) in [6.45, 7) is 2.44. The molecular formula is C16H17NO2. The van der Waals surface area contributed by atoms with E-state index in [1.165, 1.54) is 0 Å². The summed E-state index contributed by atoms with van der Waals surface area (Å²) in [5.74, 6) is 0.0809. The summed E-state index contributed by atoms with van der Waals surface area (Å²) in [5.41, 5.74) is 1.80. The zero-order chi connectivity index (χ0) is 13.4. The van der Waals surface area contributed by atoms with Gasteiger partial charge in [-0.2, -0.15) is 0 Å². The predicted octanol–water partition coefficient (Wildman–Crippen LogP) is 2.96. The van der Waals surface area contributed by atoms with Crippen molar-refractivity contribution in [1.82, 2.24) is 0 Å². The molecule has 0 aromatic heterocycles. The van der Waals surface area contributed by atoms with E-state index in [4.69, 9.17) is 0 Å². The molecule has 1 heterocycles. The number of aliphatic hydroxyl groups excluding tert-OH is 1. The van der Waals surface area contributed by atoms with E-state index >= 15 is 0 Å². The average Bonchev–Trinajstić information content (AvgIpc) is 2.67. The van der Waals surface area contributed by atoms with E-state index in [2.05, 4.69) is 0 Å². The molecule has 0 spiro atoms. The summed E-state index contributed by atoms with van der Waals surface area (Å²) in [7, 11) is 0. The maximum Gasteiger partial charge on any atom is 0.258 e. The second-order valence-corrected chi connectivity index (χ2v) is 5.13. The standard InChI is InChI=1S/C16H17NO2/c1-11(18)5-4-10-17-14-9-3-7-12-6-2-8-13(15(12)14)16(17)19/h2-3,6-9,11,18H,4-5,10H2,1H3. The Morgan fingerprint density at radius 1 is 1.21 bits per heavy atom. The predicted molar refractivity (Wildman–Crippen MR) is 76.5 cm³/mol. The van der Waals surface area contributed by atoms with Crippen molar-refractivity contribution in [3.05, 3.63) is 42.0 Å². The number of benzene rings is 2. The summed E-state index contributed by atoms with van der Waals surface area (Å²) >= 11 is 0. The van der Waals surface area contributed by atoms with E-state index in [0.717, 1.165) is 34.9 Å². The van der Waals surface area contributed by atoms with Crippen LogP contribution in [0.5, 0.6) is 0 Å². The first-order valence-corrected chi connectivity index (χ1v) is 6.70. The number of aliphatic hydroxyl groups is 1. The fourth-order valence-corrected chi connectivity index (χ4v) is 2.75. The lowest BCUT2D eigenvalue weighted by Crippen LogP contribution is -2.28. The number of rotatable bonds is 4. The van der Waals surface area contributed by atoms with Crippen LogP contribution < -0.4 is 4.90 Å². The van der Waals surface area contributed by atoms with Gasteiger partial charge in [0, 0.05) is 17.5 Å². The number of nitrogens with zero attached hydrogens (tertiary/aromatic N) is 1. The smallest absolute Gasteiger partial charge is 0.258 e. The van der Waals surface area contributed by atoms with Gasteiger partial charge >= 0.3 is 0 Å². The third-order valence-electron chi connectivity index (χ3n) is 3.65. The Morgan fingerprint density at radius 3 is 2.68 bits per heavy atom. The molecule has 0 bridgehead atoms. The molecule has 0 saturated carbocycles. The number of amides is 1. The first kappa shape index (κ1) is 12.2. The first-order valence-electron chi connectivity index (χ1n) is 6.70. The fraction of sp³-hybridized carbons (Fsp3) is 0.312. The molecule has 3 rings (SSSR count). The van der Waals surface area contributed by atoms with Crippen molar-refractivity contribution in [2.45, 2.75) is 25.9 Å². The second-order valence-electron chi connectivity index (χ2n) is 5.13. The minimum absolute atomic E-state index is 0.0809. The van der Waals surface area contributed by atoms with Crippen LogP contribution in [0, 0.1) is 0 Å². The number of anilines is 1. The van der Waals surface area contributed by atoms with Crippen LogP contribution in [0.3, 0.4) is 0 Å². The van der Waals surface area contributed by atoms with Crippen LogP contribution in [0.15, 0.2) is 36.4 Å². The molecule has 0 saturated heterocycles. The molecule has 0 fully saturated rings. The van der Waals surface area contributed by atoms with E-state index in [1.807, 2.05) is 41.3 Å². The van der Waals surface area contributed by atoms with Gasteiger partial charge in [0.15, 0.2) is 0 Å². The second kappa shape index (κ2) is 4.67. The largest absolute Gasteiger partial charge is 0.393 e. The van der Waals surface area contributed by atoms with Crippen LogP contribution in [-0.2, 0) is 0 Å². The Bertz CT molecular complexity index is 628. The van der Waals surface area contributed by atoms with E-state index < -0.39 is 0 Å². The maximum absolute atomic E-state index is 12.4. The first-order chi connectivity index (χ1) is 9.18. The molecule has 19 heavy (non-hydrogen) atoms. The minimum atomic E-state index is -0.309. The Balaban J connectivity index is 1.94. The quantitative estimate of drug-likeness (QED) is 0.912. The van der Waals surface area contributed by atoms with Gasteiger partial charge in [0.2, 0.25) is 0 Å². The molecule has 98 valence electrons. The van der Waals surface area contributed by atoms with Crippen molar-refractivity contribution in [2.24, 2.45) is 0 Å². The topological polar surface area (TPSA) is 40.5 Å². The summed E-state index contributed by atoms with van der Waals surface area (Å²) in [6, 6.07) is 11.9. The van der Waals surface area contributed by atoms with Crippen molar-refractivity contribution in [3.8, 4) is 0 Å². The van der Waals surface area contributed by atoms with Crippen LogP contribution in [0.2, 0.25) is 0 Å². The molecule has 2 aromatic rings. The fourth-order valence-electron chi connectivity index (χ4n) is 2.75. The highest BCUT2D eigenvalue weighted by atomic mass is 16.3. The zero-order valence-electron chi connectivity index (χ0n) is 11.0. The molecule has 1 aliphatic rings. The molecule has 3 heteroatoms. The van der Waals surface area contributed by atoms with Gasteiger partial charge in [-0.1, -0.05) is 24.3 Å². The minimum Gasteiger partial charge on any atom is -0.393 e. The lowest BCUT2D eigenvalue weighted by atomic mass is 10.1. The van der Waals surface area contributed by atoms with Gasteiger partial charge in [0.25, 0.3) is 5.91 Å². The van der Waals surface area contributed by atoms with Gasteiger partial charge in [-0.15, -0.1) is 0 Å². The van der Waals surface area contributed by atoms with Crippen molar-refractivity contribution in [2.75, 3.05) is 11.4 Å². The van der Waals surface area contributed by atoms with Gasteiger partial charge in [0.1, 0.15) is 0 Å². The van der Waals surface area contributed by atoms with Gasteiger partial charge in [-0.3, -0.25) is 4.79 Å². The Labute approximate surface area is 112 Å². The zero-order valence-corrected chi connectivity index (χ0v) is 11.0. The highest BCUT2D eigenvalue weighted by Gasteiger charge is 2.28. The monoisotopic (exact) mass is 255 g/mol. The van der Waals surface area contributed by atoms with Crippen molar-refractivity contribution < 1.29 is 9.90 Å². The van der Waals surface area contributed by atoms with Crippen molar-refractivity contribution in [3.63, 3.8) is 0 Å². The molecule has 1 N–H and O–H groups in total. The third kappa shape index (κ3) is 2.00. The summed E-state index contributed by atoms with van der Waals surface area (Å²) < 4.78 is 0. The van der Waals surface area contributed by atoms with Gasteiger partial charge < -0.3 is 10.0 Å². The molecule has 0 aliphatic carbocycles. The molecule has 1 atom stereocenters. The summed E-state index contributed by atoms with van der Waals surface area (Å²) in [6.07, 6.45) is 1.22. The van der Waals surface area contributed by atoms with E-state index in [0.29, 0.717) is 6.54 Å².